The summed E-state index contributed by atoms with van der Waals surface area (Å²) in [6.45, 7) is 4.21. The van der Waals surface area contributed by atoms with E-state index in [2.05, 4.69) is 30.9 Å². The second kappa shape index (κ2) is 11.5. The number of hydrogen-bond donors (Lipinski definition) is 1. The van der Waals surface area contributed by atoms with Crippen LogP contribution in [0.4, 0.5) is 0 Å². The van der Waals surface area contributed by atoms with Gasteiger partial charge in [-0.3, -0.25) is 0 Å². The van der Waals surface area contributed by atoms with Gasteiger partial charge in [0.2, 0.25) is 0 Å². The molecule has 0 spiro atoms. The summed E-state index contributed by atoms with van der Waals surface area (Å²) in [6.07, 6.45) is 7.83. The molecule has 1 aromatic carbocycles. The highest BCUT2D eigenvalue weighted by Crippen LogP contribution is 2.07. The summed E-state index contributed by atoms with van der Waals surface area (Å²) in [7, 11) is 0. The molecule has 0 aliphatic carbocycles. The first-order valence-electron chi connectivity index (χ1n) is 7.72. The average molecular weight is 273 g/mol. The van der Waals surface area contributed by atoms with E-state index in [1.54, 1.807) is 0 Å². The molecule has 0 radical (unpaired) electrons. The maximum Gasteiger partial charge on any atom is 0.0716 e. The van der Waals surface area contributed by atoms with Gasteiger partial charge in [0.15, 0.2) is 0 Å². The second-order valence-electron chi connectivity index (χ2n) is 5.02. The summed E-state index contributed by atoms with van der Waals surface area (Å²) < 4.78 is 5.69. The number of ether oxygens (including phenoxy) is 1. The third-order valence-corrected chi connectivity index (χ3v) is 3.20. The van der Waals surface area contributed by atoms with Gasteiger partial charge in [-0.25, -0.2) is 0 Å². The van der Waals surface area contributed by atoms with Gasteiger partial charge >= 0.3 is 0 Å². The predicted molar refractivity (Wildman–Crippen MR) is 85.4 cm³/mol. The topological polar surface area (TPSA) is 35.2 Å². The first-order valence-corrected chi connectivity index (χ1v) is 7.72. The molecule has 110 valence electrons. The zero-order valence-electron chi connectivity index (χ0n) is 12.7. The van der Waals surface area contributed by atoms with E-state index in [0.717, 1.165) is 12.2 Å². The lowest BCUT2D eigenvalue weighted by molar-refractivity contribution is 0.116. The number of unbranched alkanes of at least 4 members (excludes halogenated alkanes) is 5. The van der Waals surface area contributed by atoms with Crippen molar-refractivity contribution in [3.05, 3.63) is 35.4 Å². The fourth-order valence-corrected chi connectivity index (χ4v) is 2.01. The maximum atomic E-state index is 5.69. The van der Waals surface area contributed by atoms with Crippen LogP contribution in [0.3, 0.4) is 0 Å². The molecule has 0 bridgehead atoms. The molecule has 20 heavy (non-hydrogen) atoms. The smallest absolute Gasteiger partial charge is 0.0716 e. The standard InChI is InChI=1S/C18H27NO/c1-2-3-4-5-6-7-15-20-16-18-12-10-17(11-13-18)9-8-14-19/h10-13H,2-7,14-16,19H2,1H3. The Morgan fingerprint density at radius 1 is 1.00 bits per heavy atom. The third kappa shape index (κ3) is 7.99. The van der Waals surface area contributed by atoms with Crippen LogP contribution in [-0.4, -0.2) is 13.2 Å². The van der Waals surface area contributed by atoms with E-state index in [4.69, 9.17) is 10.5 Å². The zero-order chi connectivity index (χ0) is 14.5. The highest BCUT2D eigenvalue weighted by Gasteiger charge is 1.95. The number of nitrogens with two attached hydrogens (primary N) is 1. The minimum Gasteiger partial charge on any atom is -0.377 e. The van der Waals surface area contributed by atoms with Crippen molar-refractivity contribution in [2.24, 2.45) is 5.73 Å². The van der Waals surface area contributed by atoms with Gasteiger partial charge in [0, 0.05) is 12.2 Å². The van der Waals surface area contributed by atoms with Crippen LogP contribution in [-0.2, 0) is 11.3 Å². The Kier molecular flexibility index (Phi) is 9.65. The van der Waals surface area contributed by atoms with Crippen molar-refractivity contribution < 1.29 is 4.74 Å². The Balaban J connectivity index is 2.10. The first kappa shape index (κ1) is 16.8. The van der Waals surface area contributed by atoms with Crippen molar-refractivity contribution in [1.29, 1.82) is 0 Å². The lowest BCUT2D eigenvalue weighted by Crippen LogP contribution is -1.96. The zero-order valence-corrected chi connectivity index (χ0v) is 12.7. The third-order valence-electron chi connectivity index (χ3n) is 3.20. The van der Waals surface area contributed by atoms with Gasteiger partial charge in [0.1, 0.15) is 0 Å². The molecule has 0 aromatic heterocycles. The number of hydrogen-bond acceptors (Lipinski definition) is 2. The largest absolute Gasteiger partial charge is 0.377 e. The first-order chi connectivity index (χ1) is 9.86. The van der Waals surface area contributed by atoms with Crippen LogP contribution < -0.4 is 5.73 Å². The van der Waals surface area contributed by atoms with Crippen molar-refractivity contribution in [2.45, 2.75) is 52.1 Å². The van der Waals surface area contributed by atoms with Crippen molar-refractivity contribution in [3.8, 4) is 11.8 Å². The Labute approximate surface area is 123 Å². The fraction of sp³-hybridized carbons (Fsp3) is 0.556. The van der Waals surface area contributed by atoms with Crippen LogP contribution in [0.25, 0.3) is 0 Å². The fourth-order valence-electron chi connectivity index (χ4n) is 2.01. The molecular formula is C18H27NO. The molecule has 0 unspecified atom stereocenters. The molecule has 0 fully saturated rings. The molecule has 0 saturated carbocycles. The monoisotopic (exact) mass is 273 g/mol. The highest BCUT2D eigenvalue weighted by atomic mass is 16.5. The van der Waals surface area contributed by atoms with E-state index >= 15 is 0 Å². The van der Waals surface area contributed by atoms with Crippen molar-refractivity contribution in [2.75, 3.05) is 13.2 Å². The molecule has 0 atom stereocenters. The molecular weight excluding hydrogens is 246 g/mol. The molecule has 2 nitrogen and oxygen atoms in total. The minimum absolute atomic E-state index is 0.406. The van der Waals surface area contributed by atoms with Gasteiger partial charge in [-0.2, -0.15) is 0 Å². The Hall–Kier alpha value is -1.30. The Morgan fingerprint density at radius 2 is 1.70 bits per heavy atom. The van der Waals surface area contributed by atoms with E-state index < -0.39 is 0 Å². The molecule has 2 N–H and O–H groups in total. The van der Waals surface area contributed by atoms with E-state index in [9.17, 15) is 0 Å². The lowest BCUT2D eigenvalue weighted by atomic mass is 10.1. The Bertz CT molecular complexity index is 400. The molecule has 2 heteroatoms. The lowest BCUT2D eigenvalue weighted by Gasteiger charge is -2.04. The highest BCUT2D eigenvalue weighted by molar-refractivity contribution is 5.36. The van der Waals surface area contributed by atoms with Crippen molar-refractivity contribution in [1.82, 2.24) is 0 Å². The summed E-state index contributed by atoms with van der Waals surface area (Å²) in [5, 5.41) is 0. The van der Waals surface area contributed by atoms with Gasteiger partial charge in [-0.15, -0.1) is 0 Å². The van der Waals surface area contributed by atoms with Crippen LogP contribution in [0.2, 0.25) is 0 Å². The normalized spacial score (nSPS) is 10.1. The predicted octanol–water partition coefficient (Wildman–Crippen LogP) is 3.87. The van der Waals surface area contributed by atoms with E-state index in [1.807, 2.05) is 12.1 Å². The van der Waals surface area contributed by atoms with Crippen LogP contribution in [0, 0.1) is 11.8 Å². The molecule has 0 aliphatic heterocycles. The van der Waals surface area contributed by atoms with Gasteiger partial charge in [0.05, 0.1) is 13.2 Å². The molecule has 1 rings (SSSR count). The summed E-state index contributed by atoms with van der Waals surface area (Å²) in [4.78, 5) is 0. The second-order valence-corrected chi connectivity index (χ2v) is 5.02. The van der Waals surface area contributed by atoms with E-state index in [1.165, 1.54) is 44.1 Å². The van der Waals surface area contributed by atoms with Crippen LogP contribution >= 0.6 is 0 Å². The van der Waals surface area contributed by atoms with Gasteiger partial charge in [0.25, 0.3) is 0 Å². The summed E-state index contributed by atoms with van der Waals surface area (Å²) in [5.41, 5.74) is 7.56. The van der Waals surface area contributed by atoms with Crippen LogP contribution in [0.1, 0.15) is 56.6 Å². The van der Waals surface area contributed by atoms with Crippen LogP contribution in [0.5, 0.6) is 0 Å². The average Bonchev–Trinajstić information content (AvgIpc) is 2.49. The molecule has 1 aromatic rings. The molecule has 0 aliphatic rings. The molecule has 0 heterocycles. The van der Waals surface area contributed by atoms with Gasteiger partial charge in [-0.05, 0) is 24.1 Å². The van der Waals surface area contributed by atoms with E-state index in [-0.39, 0.29) is 0 Å². The quantitative estimate of drug-likeness (QED) is 0.547. The maximum absolute atomic E-state index is 5.69. The summed E-state index contributed by atoms with van der Waals surface area (Å²) in [5.74, 6) is 5.87. The van der Waals surface area contributed by atoms with Crippen LogP contribution in [0.15, 0.2) is 24.3 Å². The van der Waals surface area contributed by atoms with Crippen molar-refractivity contribution >= 4 is 0 Å². The van der Waals surface area contributed by atoms with E-state index in [0.29, 0.717) is 13.2 Å². The van der Waals surface area contributed by atoms with Gasteiger partial charge in [-0.1, -0.05) is 63.0 Å². The molecule has 0 amide bonds. The summed E-state index contributed by atoms with van der Waals surface area (Å²) >= 11 is 0. The minimum atomic E-state index is 0.406. The van der Waals surface area contributed by atoms with Gasteiger partial charge < -0.3 is 10.5 Å². The molecule has 0 saturated heterocycles. The number of rotatable bonds is 9. The number of benzene rings is 1. The SMILES string of the molecule is CCCCCCCCOCc1ccc(C#CCN)cc1. The van der Waals surface area contributed by atoms with Crippen molar-refractivity contribution in [3.63, 3.8) is 0 Å². The Morgan fingerprint density at radius 3 is 2.40 bits per heavy atom. The summed E-state index contributed by atoms with van der Waals surface area (Å²) in [6, 6.07) is 8.18.